The first-order chi connectivity index (χ1) is 7.72. The molecule has 0 fully saturated rings. The van der Waals surface area contributed by atoms with Gasteiger partial charge in [-0.1, -0.05) is 12.8 Å². The largest absolute Gasteiger partial charge is 0.464 e. The third-order valence-electron chi connectivity index (χ3n) is 2.05. The van der Waals surface area contributed by atoms with Crippen LogP contribution in [0.25, 0.3) is 0 Å². The predicted molar refractivity (Wildman–Crippen MR) is 62.9 cm³/mol. The average molecular weight is 220 g/mol. The maximum absolute atomic E-state index is 5.38. The lowest BCUT2D eigenvalue weighted by atomic mass is 10.3. The second-order valence-corrected chi connectivity index (χ2v) is 3.31. The van der Waals surface area contributed by atoms with Gasteiger partial charge in [-0.25, -0.2) is 10.8 Å². The Hall–Kier alpha value is -1.80. The van der Waals surface area contributed by atoms with Gasteiger partial charge in [0.1, 0.15) is 11.6 Å². The van der Waals surface area contributed by atoms with Crippen LogP contribution in [-0.4, -0.2) is 16.6 Å². The molecule has 0 aliphatic rings. The van der Waals surface area contributed by atoms with Crippen molar-refractivity contribution in [3.63, 3.8) is 0 Å². The van der Waals surface area contributed by atoms with Gasteiger partial charge in [-0.05, 0) is 13.3 Å². The topological polar surface area (TPSA) is 73.1 Å². The number of hydrogen-bond donors (Lipinski definition) is 2. The molecule has 86 valence electrons. The van der Waals surface area contributed by atoms with Gasteiger partial charge in [0.05, 0.1) is 5.56 Å². The van der Waals surface area contributed by atoms with Gasteiger partial charge in [0.2, 0.25) is 5.88 Å². The SMILES string of the molecule is C#CCOc1nc(CCC)nc(NN)c1C. The van der Waals surface area contributed by atoms with E-state index in [0.717, 1.165) is 18.4 Å². The zero-order chi connectivity index (χ0) is 12.0. The zero-order valence-electron chi connectivity index (χ0n) is 9.58. The fraction of sp³-hybridized carbons (Fsp3) is 0.455. The number of nitrogens with two attached hydrogens (primary N) is 1. The average Bonchev–Trinajstić information content (AvgIpc) is 2.29. The molecule has 16 heavy (non-hydrogen) atoms. The highest BCUT2D eigenvalue weighted by molar-refractivity contribution is 5.47. The summed E-state index contributed by atoms with van der Waals surface area (Å²) in [7, 11) is 0. The molecular weight excluding hydrogens is 204 g/mol. The molecule has 0 saturated carbocycles. The van der Waals surface area contributed by atoms with Crippen LogP contribution in [0.1, 0.15) is 24.7 Å². The molecule has 5 nitrogen and oxygen atoms in total. The highest BCUT2D eigenvalue weighted by Crippen LogP contribution is 2.21. The fourth-order valence-corrected chi connectivity index (χ4v) is 1.27. The predicted octanol–water partition coefficient (Wildman–Crippen LogP) is 1.04. The van der Waals surface area contributed by atoms with E-state index in [-0.39, 0.29) is 6.61 Å². The van der Waals surface area contributed by atoms with E-state index in [1.54, 1.807) is 0 Å². The summed E-state index contributed by atoms with van der Waals surface area (Å²) in [6.07, 6.45) is 6.87. The third-order valence-corrected chi connectivity index (χ3v) is 2.05. The van der Waals surface area contributed by atoms with Gasteiger partial charge in [-0.2, -0.15) is 4.98 Å². The molecule has 1 aromatic rings. The summed E-state index contributed by atoms with van der Waals surface area (Å²) in [5, 5.41) is 0. The molecular formula is C11H16N4O. The molecule has 0 unspecified atom stereocenters. The van der Waals surface area contributed by atoms with Crippen LogP contribution < -0.4 is 16.0 Å². The number of aromatic nitrogens is 2. The normalized spacial score (nSPS) is 9.62. The van der Waals surface area contributed by atoms with E-state index in [0.29, 0.717) is 17.5 Å². The number of terminal acetylenes is 1. The summed E-state index contributed by atoms with van der Waals surface area (Å²) >= 11 is 0. The summed E-state index contributed by atoms with van der Waals surface area (Å²) in [5.41, 5.74) is 3.29. The molecule has 1 rings (SSSR count). The molecule has 1 heterocycles. The first-order valence-electron chi connectivity index (χ1n) is 5.13. The lowest BCUT2D eigenvalue weighted by Gasteiger charge is -2.11. The van der Waals surface area contributed by atoms with Gasteiger partial charge in [-0.15, -0.1) is 6.42 Å². The van der Waals surface area contributed by atoms with E-state index in [9.17, 15) is 0 Å². The number of nitrogens with zero attached hydrogens (tertiary/aromatic N) is 2. The molecule has 0 saturated heterocycles. The summed E-state index contributed by atoms with van der Waals surface area (Å²) in [4.78, 5) is 8.55. The fourth-order valence-electron chi connectivity index (χ4n) is 1.27. The monoisotopic (exact) mass is 220 g/mol. The van der Waals surface area contributed by atoms with Crippen molar-refractivity contribution < 1.29 is 4.74 Å². The molecule has 0 aliphatic carbocycles. The second-order valence-electron chi connectivity index (χ2n) is 3.31. The van der Waals surface area contributed by atoms with Crippen LogP contribution in [0.5, 0.6) is 5.88 Å². The summed E-state index contributed by atoms with van der Waals surface area (Å²) in [6.45, 7) is 4.07. The van der Waals surface area contributed by atoms with E-state index in [4.69, 9.17) is 17.0 Å². The molecule has 5 heteroatoms. The van der Waals surface area contributed by atoms with Crippen LogP contribution in [-0.2, 0) is 6.42 Å². The Balaban J connectivity index is 3.04. The lowest BCUT2D eigenvalue weighted by molar-refractivity contribution is 0.350. The molecule has 0 aliphatic heterocycles. The van der Waals surface area contributed by atoms with E-state index in [1.165, 1.54) is 0 Å². The van der Waals surface area contributed by atoms with Crippen LogP contribution in [0.4, 0.5) is 5.82 Å². The van der Waals surface area contributed by atoms with Crippen LogP contribution in [0.2, 0.25) is 0 Å². The Bertz CT molecular complexity index is 398. The third kappa shape index (κ3) is 2.84. The van der Waals surface area contributed by atoms with Gasteiger partial charge in [-0.3, -0.25) is 0 Å². The molecule has 0 amide bonds. The van der Waals surface area contributed by atoms with E-state index < -0.39 is 0 Å². The Morgan fingerprint density at radius 3 is 2.81 bits per heavy atom. The Morgan fingerprint density at radius 2 is 2.25 bits per heavy atom. The Kier molecular flexibility index (Phi) is 4.55. The molecule has 3 N–H and O–H groups in total. The molecule has 0 spiro atoms. The van der Waals surface area contributed by atoms with E-state index >= 15 is 0 Å². The first-order valence-corrected chi connectivity index (χ1v) is 5.13. The summed E-state index contributed by atoms with van der Waals surface area (Å²) < 4.78 is 5.33. The number of ether oxygens (including phenoxy) is 1. The van der Waals surface area contributed by atoms with Crippen molar-refractivity contribution >= 4 is 5.82 Å². The molecule has 0 bridgehead atoms. The quantitative estimate of drug-likeness (QED) is 0.440. The summed E-state index contributed by atoms with van der Waals surface area (Å²) in [5.74, 6) is 9.54. The number of nitrogen functional groups attached to an aromatic ring is 1. The minimum Gasteiger partial charge on any atom is -0.464 e. The lowest BCUT2D eigenvalue weighted by Crippen LogP contribution is -2.14. The Morgan fingerprint density at radius 1 is 1.50 bits per heavy atom. The molecule has 0 radical (unpaired) electrons. The highest BCUT2D eigenvalue weighted by atomic mass is 16.5. The maximum atomic E-state index is 5.38. The van der Waals surface area contributed by atoms with Crippen molar-refractivity contribution in [3.05, 3.63) is 11.4 Å². The molecule has 1 aromatic heterocycles. The van der Waals surface area contributed by atoms with Gasteiger partial charge in [0.15, 0.2) is 6.61 Å². The second kappa shape index (κ2) is 5.93. The van der Waals surface area contributed by atoms with Crippen molar-refractivity contribution in [3.8, 4) is 18.2 Å². The van der Waals surface area contributed by atoms with Gasteiger partial charge >= 0.3 is 0 Å². The maximum Gasteiger partial charge on any atom is 0.222 e. The standard InChI is InChI=1S/C11H16N4O/c1-4-6-9-13-10(15-12)8(3)11(14-9)16-7-5-2/h2H,4,6-7,12H2,1,3H3,(H,13,14,15). The zero-order valence-corrected chi connectivity index (χ0v) is 9.58. The van der Waals surface area contributed by atoms with E-state index in [1.807, 2.05) is 6.92 Å². The van der Waals surface area contributed by atoms with Crippen molar-refractivity contribution in [2.75, 3.05) is 12.0 Å². The van der Waals surface area contributed by atoms with Crippen molar-refractivity contribution in [2.45, 2.75) is 26.7 Å². The smallest absolute Gasteiger partial charge is 0.222 e. The van der Waals surface area contributed by atoms with Gasteiger partial charge in [0, 0.05) is 6.42 Å². The van der Waals surface area contributed by atoms with E-state index in [2.05, 4.69) is 28.2 Å². The van der Waals surface area contributed by atoms with Crippen molar-refractivity contribution in [1.82, 2.24) is 9.97 Å². The first kappa shape index (κ1) is 12.3. The van der Waals surface area contributed by atoms with Crippen LogP contribution in [0.3, 0.4) is 0 Å². The number of rotatable bonds is 5. The molecule has 0 aromatic carbocycles. The van der Waals surface area contributed by atoms with Crippen LogP contribution in [0, 0.1) is 19.3 Å². The minimum atomic E-state index is 0.188. The highest BCUT2D eigenvalue weighted by Gasteiger charge is 2.10. The van der Waals surface area contributed by atoms with Crippen LogP contribution in [0.15, 0.2) is 0 Å². The number of anilines is 1. The number of hydrogen-bond acceptors (Lipinski definition) is 5. The van der Waals surface area contributed by atoms with Gasteiger partial charge in [0.25, 0.3) is 0 Å². The Labute approximate surface area is 95.4 Å². The minimum absolute atomic E-state index is 0.188. The molecule has 0 atom stereocenters. The summed E-state index contributed by atoms with van der Waals surface area (Å²) in [6, 6.07) is 0. The van der Waals surface area contributed by atoms with Gasteiger partial charge < -0.3 is 10.2 Å². The number of nitrogens with one attached hydrogen (secondary N) is 1. The van der Waals surface area contributed by atoms with Crippen molar-refractivity contribution in [2.24, 2.45) is 5.84 Å². The van der Waals surface area contributed by atoms with Crippen LogP contribution >= 0.6 is 0 Å². The number of hydrazine groups is 1. The van der Waals surface area contributed by atoms with Crippen molar-refractivity contribution in [1.29, 1.82) is 0 Å². The number of aryl methyl sites for hydroxylation is 1.